The summed E-state index contributed by atoms with van der Waals surface area (Å²) in [7, 11) is 1.65. The van der Waals surface area contributed by atoms with Crippen molar-refractivity contribution in [3.8, 4) is 0 Å². The number of nitrogens with two attached hydrogens (primary N) is 1. The summed E-state index contributed by atoms with van der Waals surface area (Å²) in [5, 5.41) is 7.50. The second-order valence-electron chi connectivity index (χ2n) is 11.9. The Morgan fingerprint density at radius 3 is 2.42 bits per heavy atom. The largest absolute Gasteiger partial charge is 0.386 e. The van der Waals surface area contributed by atoms with E-state index in [2.05, 4.69) is 49.1 Å². The molecular weight excluding hydrogens is 450 g/mol. The van der Waals surface area contributed by atoms with Crippen molar-refractivity contribution in [1.82, 2.24) is 14.7 Å². The maximum atomic E-state index is 13.7. The molecule has 1 heterocycles. The molecule has 4 rings (SSSR count). The zero-order valence-corrected chi connectivity index (χ0v) is 22.5. The lowest BCUT2D eigenvalue weighted by molar-refractivity contribution is -0.129. The first-order valence-electron chi connectivity index (χ1n) is 13.9. The number of carbonyl (C=O) groups excluding carboxylic acids is 2. The first-order chi connectivity index (χ1) is 17.2. The monoisotopic (exact) mass is 495 g/mol. The average molecular weight is 496 g/mol. The van der Waals surface area contributed by atoms with Crippen molar-refractivity contribution in [3.63, 3.8) is 0 Å². The summed E-state index contributed by atoms with van der Waals surface area (Å²) in [6.07, 6.45) is 10.1. The Kier molecular flexibility index (Phi) is 7.96. The number of urea groups is 1. The topological polar surface area (TPSA) is 93.7 Å². The highest BCUT2D eigenvalue weighted by Crippen LogP contribution is 2.51. The van der Waals surface area contributed by atoms with E-state index in [1.165, 1.54) is 42.6 Å². The molecule has 36 heavy (non-hydrogen) atoms. The van der Waals surface area contributed by atoms with Crippen molar-refractivity contribution in [1.29, 1.82) is 5.41 Å². The zero-order valence-electron chi connectivity index (χ0n) is 22.5. The van der Waals surface area contributed by atoms with Crippen LogP contribution < -0.4 is 5.73 Å². The van der Waals surface area contributed by atoms with Gasteiger partial charge in [0, 0.05) is 20.1 Å². The average Bonchev–Trinajstić information content (AvgIpc) is 3.08. The van der Waals surface area contributed by atoms with Crippen molar-refractivity contribution in [2.24, 2.45) is 17.6 Å². The van der Waals surface area contributed by atoms with Crippen molar-refractivity contribution >= 4 is 17.8 Å². The van der Waals surface area contributed by atoms with Crippen LogP contribution in [0.3, 0.4) is 0 Å². The lowest BCUT2D eigenvalue weighted by Gasteiger charge is -2.50. The number of amides is 3. The second kappa shape index (κ2) is 10.8. The van der Waals surface area contributed by atoms with Gasteiger partial charge in [-0.15, -0.1) is 0 Å². The van der Waals surface area contributed by atoms with Crippen LogP contribution >= 0.6 is 0 Å². The highest BCUT2D eigenvalue weighted by molar-refractivity contribution is 5.89. The molecule has 2 aliphatic carbocycles. The molecule has 7 nitrogen and oxygen atoms in total. The molecule has 3 amide bonds. The highest BCUT2D eigenvalue weighted by atomic mass is 16.2. The number of amidine groups is 1. The summed E-state index contributed by atoms with van der Waals surface area (Å²) in [5.41, 5.74) is 6.89. The van der Waals surface area contributed by atoms with Crippen LogP contribution in [0.2, 0.25) is 0 Å². The Bertz CT molecular complexity index is 936. The quantitative estimate of drug-likeness (QED) is 0.367. The van der Waals surface area contributed by atoms with Crippen LogP contribution in [-0.4, -0.2) is 71.2 Å². The minimum absolute atomic E-state index is 0.0145. The molecule has 1 atom stereocenters. The van der Waals surface area contributed by atoms with Crippen LogP contribution in [0.4, 0.5) is 4.79 Å². The number of nitrogens with one attached hydrogen (secondary N) is 1. The predicted octanol–water partition coefficient (Wildman–Crippen LogP) is 4.61. The van der Waals surface area contributed by atoms with Gasteiger partial charge in [0.05, 0.1) is 12.1 Å². The smallest absolute Gasteiger partial charge is 0.321 e. The van der Waals surface area contributed by atoms with Crippen molar-refractivity contribution < 1.29 is 9.59 Å². The molecule has 1 aliphatic heterocycles. The van der Waals surface area contributed by atoms with Gasteiger partial charge in [-0.3, -0.25) is 10.2 Å². The van der Waals surface area contributed by atoms with Crippen LogP contribution in [0.1, 0.15) is 77.2 Å². The summed E-state index contributed by atoms with van der Waals surface area (Å²) in [6.45, 7) is 6.22. The zero-order chi connectivity index (χ0) is 25.9. The standard InChI is InChI=1S/C29H45N5O2/c1-4-22(2)17-28(24-11-6-5-7-12-24)13-15-29(16-14-28)21-33(20-26(35)32(3)19-25(30)31)27(36)34(29)18-23-9-8-10-23/h5-7,11-12,22-23H,4,8-10,13-21H2,1-3H3,(H3,30,31)/t22?,28-,29-. The van der Waals surface area contributed by atoms with E-state index in [9.17, 15) is 9.59 Å². The normalized spacial score (nSPS) is 27.2. The molecule has 7 heteroatoms. The van der Waals surface area contributed by atoms with E-state index in [4.69, 9.17) is 11.1 Å². The highest BCUT2D eigenvalue weighted by Gasteiger charge is 2.54. The van der Waals surface area contributed by atoms with Crippen LogP contribution in [0, 0.1) is 17.2 Å². The fourth-order valence-corrected chi connectivity index (χ4v) is 6.67. The van der Waals surface area contributed by atoms with Gasteiger partial charge in [-0.05, 0) is 67.8 Å². The Labute approximate surface area is 216 Å². The number of hydrogen-bond acceptors (Lipinski definition) is 3. The van der Waals surface area contributed by atoms with Gasteiger partial charge >= 0.3 is 6.03 Å². The lowest BCUT2D eigenvalue weighted by atomic mass is 9.60. The van der Waals surface area contributed by atoms with Crippen LogP contribution in [0.25, 0.3) is 0 Å². The Morgan fingerprint density at radius 1 is 1.19 bits per heavy atom. The molecule has 0 radical (unpaired) electrons. The third kappa shape index (κ3) is 5.40. The van der Waals surface area contributed by atoms with E-state index >= 15 is 0 Å². The summed E-state index contributed by atoms with van der Waals surface area (Å²) in [5.74, 6) is 1.03. The minimum atomic E-state index is -0.195. The Morgan fingerprint density at radius 2 is 1.86 bits per heavy atom. The van der Waals surface area contributed by atoms with Crippen molar-refractivity contribution in [2.75, 3.05) is 33.2 Å². The third-order valence-electron chi connectivity index (χ3n) is 9.34. The summed E-state index contributed by atoms with van der Waals surface area (Å²) < 4.78 is 0. The number of carbonyl (C=O) groups is 2. The van der Waals surface area contributed by atoms with Gasteiger partial charge in [0.1, 0.15) is 12.4 Å². The summed E-state index contributed by atoms with van der Waals surface area (Å²) >= 11 is 0. The first-order valence-corrected chi connectivity index (χ1v) is 13.9. The fraction of sp³-hybridized carbons (Fsp3) is 0.690. The van der Waals surface area contributed by atoms with Crippen molar-refractivity contribution in [3.05, 3.63) is 35.9 Å². The molecule has 2 saturated carbocycles. The van der Waals surface area contributed by atoms with Crippen LogP contribution in [0.15, 0.2) is 30.3 Å². The van der Waals surface area contributed by atoms with Gasteiger partial charge in [-0.1, -0.05) is 57.0 Å². The fourth-order valence-electron chi connectivity index (χ4n) is 6.67. The van der Waals surface area contributed by atoms with Gasteiger partial charge in [0.15, 0.2) is 0 Å². The maximum absolute atomic E-state index is 13.7. The minimum Gasteiger partial charge on any atom is -0.386 e. The SMILES string of the molecule is CCC(C)C[C@]1(c2ccccc2)CC[C@]2(CC1)CN(CC(=O)N(C)CC(=N)N)C(=O)N2CC1CCC1. The van der Waals surface area contributed by atoms with E-state index < -0.39 is 0 Å². The second-order valence-corrected chi connectivity index (χ2v) is 11.9. The predicted molar refractivity (Wildman–Crippen MR) is 144 cm³/mol. The van der Waals surface area contributed by atoms with Crippen molar-refractivity contribution in [2.45, 2.75) is 82.6 Å². The summed E-state index contributed by atoms with van der Waals surface area (Å²) in [6, 6.07) is 11.0. The number of benzene rings is 1. The van der Waals surface area contributed by atoms with E-state index in [1.54, 1.807) is 11.9 Å². The molecule has 0 aromatic heterocycles. The molecule has 1 saturated heterocycles. The molecule has 3 N–H and O–H groups in total. The molecular formula is C29H45N5O2. The van der Waals surface area contributed by atoms with E-state index in [1.807, 2.05) is 0 Å². The number of hydrogen-bond donors (Lipinski definition) is 2. The third-order valence-corrected chi connectivity index (χ3v) is 9.34. The summed E-state index contributed by atoms with van der Waals surface area (Å²) in [4.78, 5) is 31.9. The lowest BCUT2D eigenvalue weighted by Crippen LogP contribution is -2.54. The van der Waals surface area contributed by atoms with Gasteiger partial charge < -0.3 is 20.4 Å². The Balaban J connectivity index is 1.55. The molecule has 198 valence electrons. The molecule has 1 aromatic carbocycles. The van der Waals surface area contributed by atoms with E-state index in [-0.39, 0.29) is 41.8 Å². The number of rotatable bonds is 10. The molecule has 0 bridgehead atoms. The molecule has 1 aromatic rings. The number of nitrogens with zero attached hydrogens (tertiary/aromatic N) is 3. The Hall–Kier alpha value is -2.57. The van der Waals surface area contributed by atoms with Crippen LogP contribution in [0.5, 0.6) is 0 Å². The number of likely N-dealkylation sites (N-methyl/N-ethyl adjacent to an activating group) is 1. The van der Waals surface area contributed by atoms with Crippen LogP contribution in [-0.2, 0) is 10.2 Å². The molecule has 3 aliphatic rings. The molecule has 3 fully saturated rings. The van der Waals surface area contributed by atoms with Gasteiger partial charge in [-0.2, -0.15) is 0 Å². The first kappa shape index (κ1) is 26.5. The maximum Gasteiger partial charge on any atom is 0.321 e. The van der Waals surface area contributed by atoms with Gasteiger partial charge in [0.25, 0.3) is 0 Å². The molecule has 1 spiro atoms. The van der Waals surface area contributed by atoms with E-state index in [0.29, 0.717) is 18.4 Å². The van der Waals surface area contributed by atoms with E-state index in [0.717, 1.165) is 32.2 Å². The molecule has 1 unspecified atom stereocenters. The van der Waals surface area contributed by atoms with Gasteiger partial charge in [-0.25, -0.2) is 4.79 Å². The van der Waals surface area contributed by atoms with Gasteiger partial charge in [0.2, 0.25) is 5.91 Å².